The predicted molar refractivity (Wildman–Crippen MR) is 68.5 cm³/mol. The monoisotopic (exact) mass is 218 g/mol. The SMILES string of the molecule is CC(C)(NC1CCCNC1)c1ccccc1. The summed E-state index contributed by atoms with van der Waals surface area (Å²) < 4.78 is 0. The number of hydrogen-bond acceptors (Lipinski definition) is 2. The lowest BCUT2D eigenvalue weighted by atomic mass is 9.92. The van der Waals surface area contributed by atoms with Gasteiger partial charge in [0, 0.05) is 18.1 Å². The van der Waals surface area contributed by atoms with Crippen LogP contribution in [0.3, 0.4) is 0 Å². The Hall–Kier alpha value is -0.860. The maximum absolute atomic E-state index is 3.75. The molecule has 1 aliphatic rings. The summed E-state index contributed by atoms with van der Waals surface area (Å²) in [6.07, 6.45) is 2.56. The maximum atomic E-state index is 3.75. The Kier molecular flexibility index (Phi) is 3.62. The number of benzene rings is 1. The fraction of sp³-hybridized carbons (Fsp3) is 0.571. The van der Waals surface area contributed by atoms with Gasteiger partial charge in [0.25, 0.3) is 0 Å². The molecule has 1 atom stereocenters. The molecule has 0 amide bonds. The highest BCUT2D eigenvalue weighted by molar-refractivity contribution is 5.22. The molecule has 88 valence electrons. The first-order valence-corrected chi connectivity index (χ1v) is 6.22. The summed E-state index contributed by atoms with van der Waals surface area (Å²) in [5.74, 6) is 0. The molecule has 0 aromatic heterocycles. The normalized spacial score (nSPS) is 22.0. The molecule has 1 aliphatic heterocycles. The first kappa shape index (κ1) is 11.6. The Morgan fingerprint density at radius 2 is 2.00 bits per heavy atom. The van der Waals surface area contributed by atoms with Crippen molar-refractivity contribution in [1.82, 2.24) is 10.6 Å². The largest absolute Gasteiger partial charge is 0.315 e. The number of hydrogen-bond donors (Lipinski definition) is 2. The van der Waals surface area contributed by atoms with E-state index in [2.05, 4.69) is 54.8 Å². The first-order valence-electron chi connectivity index (χ1n) is 6.22. The average Bonchev–Trinajstić information content (AvgIpc) is 2.31. The third kappa shape index (κ3) is 2.83. The molecule has 0 spiro atoms. The molecule has 1 heterocycles. The molecule has 1 saturated heterocycles. The van der Waals surface area contributed by atoms with Crippen LogP contribution < -0.4 is 10.6 Å². The molecule has 0 aliphatic carbocycles. The summed E-state index contributed by atoms with van der Waals surface area (Å²) in [6.45, 7) is 6.79. The molecular formula is C14H22N2. The van der Waals surface area contributed by atoms with E-state index in [9.17, 15) is 0 Å². The van der Waals surface area contributed by atoms with Crippen LogP contribution in [-0.4, -0.2) is 19.1 Å². The second-order valence-electron chi connectivity index (χ2n) is 5.18. The highest BCUT2D eigenvalue weighted by atomic mass is 15.0. The van der Waals surface area contributed by atoms with Crippen LogP contribution in [0.4, 0.5) is 0 Å². The van der Waals surface area contributed by atoms with Crippen molar-refractivity contribution in [2.24, 2.45) is 0 Å². The van der Waals surface area contributed by atoms with Crippen LogP contribution in [0.25, 0.3) is 0 Å². The Balaban J connectivity index is 2.01. The Bertz CT molecular complexity index is 313. The van der Waals surface area contributed by atoms with Crippen LogP contribution in [0.15, 0.2) is 30.3 Å². The highest BCUT2D eigenvalue weighted by Crippen LogP contribution is 2.21. The summed E-state index contributed by atoms with van der Waals surface area (Å²) in [5, 5.41) is 7.20. The lowest BCUT2D eigenvalue weighted by Gasteiger charge is -2.34. The van der Waals surface area contributed by atoms with E-state index < -0.39 is 0 Å². The van der Waals surface area contributed by atoms with Crippen molar-refractivity contribution in [2.45, 2.75) is 38.3 Å². The van der Waals surface area contributed by atoms with Crippen molar-refractivity contribution in [3.8, 4) is 0 Å². The van der Waals surface area contributed by atoms with E-state index in [4.69, 9.17) is 0 Å². The van der Waals surface area contributed by atoms with Gasteiger partial charge in [0.05, 0.1) is 0 Å². The maximum Gasteiger partial charge on any atom is 0.0380 e. The molecular weight excluding hydrogens is 196 g/mol. The van der Waals surface area contributed by atoms with E-state index in [0.717, 1.165) is 6.54 Å². The third-order valence-corrected chi connectivity index (χ3v) is 3.36. The van der Waals surface area contributed by atoms with Gasteiger partial charge in [-0.25, -0.2) is 0 Å². The van der Waals surface area contributed by atoms with Crippen molar-refractivity contribution in [2.75, 3.05) is 13.1 Å². The van der Waals surface area contributed by atoms with Gasteiger partial charge in [-0.3, -0.25) is 0 Å². The summed E-state index contributed by atoms with van der Waals surface area (Å²) >= 11 is 0. The second-order valence-corrected chi connectivity index (χ2v) is 5.18. The van der Waals surface area contributed by atoms with E-state index in [-0.39, 0.29) is 5.54 Å². The van der Waals surface area contributed by atoms with E-state index in [0.29, 0.717) is 6.04 Å². The zero-order chi connectivity index (χ0) is 11.4. The zero-order valence-electron chi connectivity index (χ0n) is 10.3. The summed E-state index contributed by atoms with van der Waals surface area (Å²) in [6, 6.07) is 11.3. The molecule has 2 nitrogen and oxygen atoms in total. The molecule has 16 heavy (non-hydrogen) atoms. The van der Waals surface area contributed by atoms with Crippen molar-refractivity contribution >= 4 is 0 Å². The van der Waals surface area contributed by atoms with Crippen LogP contribution >= 0.6 is 0 Å². The minimum absolute atomic E-state index is 0.0605. The first-order chi connectivity index (χ1) is 7.68. The molecule has 1 fully saturated rings. The van der Waals surface area contributed by atoms with Crippen LogP contribution in [0.2, 0.25) is 0 Å². The number of piperidine rings is 1. The van der Waals surface area contributed by atoms with Gasteiger partial charge in [0.15, 0.2) is 0 Å². The third-order valence-electron chi connectivity index (χ3n) is 3.36. The molecule has 2 rings (SSSR count). The average molecular weight is 218 g/mol. The van der Waals surface area contributed by atoms with Gasteiger partial charge in [-0.2, -0.15) is 0 Å². The Morgan fingerprint density at radius 3 is 2.62 bits per heavy atom. The highest BCUT2D eigenvalue weighted by Gasteiger charge is 2.24. The number of rotatable bonds is 3. The Labute approximate surface area is 98.4 Å². The topological polar surface area (TPSA) is 24.1 Å². The van der Waals surface area contributed by atoms with Crippen molar-refractivity contribution in [1.29, 1.82) is 0 Å². The summed E-state index contributed by atoms with van der Waals surface area (Å²) in [5.41, 5.74) is 1.42. The van der Waals surface area contributed by atoms with Crippen LogP contribution in [0.5, 0.6) is 0 Å². The number of nitrogens with one attached hydrogen (secondary N) is 2. The minimum atomic E-state index is 0.0605. The van der Waals surface area contributed by atoms with Crippen molar-refractivity contribution in [3.05, 3.63) is 35.9 Å². The van der Waals surface area contributed by atoms with Crippen molar-refractivity contribution < 1.29 is 0 Å². The minimum Gasteiger partial charge on any atom is -0.315 e. The molecule has 1 aromatic carbocycles. The molecule has 0 bridgehead atoms. The quantitative estimate of drug-likeness (QED) is 0.813. The second kappa shape index (κ2) is 4.98. The van der Waals surface area contributed by atoms with Gasteiger partial charge in [-0.1, -0.05) is 30.3 Å². The molecule has 0 radical (unpaired) electrons. The molecule has 2 heteroatoms. The predicted octanol–water partition coefficient (Wildman–Crippen LogP) is 2.26. The van der Waals surface area contributed by atoms with E-state index in [1.54, 1.807) is 0 Å². The fourth-order valence-electron chi connectivity index (χ4n) is 2.42. The van der Waals surface area contributed by atoms with E-state index in [1.165, 1.54) is 24.9 Å². The summed E-state index contributed by atoms with van der Waals surface area (Å²) in [4.78, 5) is 0. The molecule has 1 aromatic rings. The summed E-state index contributed by atoms with van der Waals surface area (Å²) in [7, 11) is 0. The van der Waals surface area contributed by atoms with Gasteiger partial charge in [-0.15, -0.1) is 0 Å². The van der Waals surface area contributed by atoms with Crippen LogP contribution in [0.1, 0.15) is 32.3 Å². The smallest absolute Gasteiger partial charge is 0.0380 e. The lowest BCUT2D eigenvalue weighted by molar-refractivity contribution is 0.294. The molecule has 2 N–H and O–H groups in total. The van der Waals surface area contributed by atoms with Gasteiger partial charge >= 0.3 is 0 Å². The van der Waals surface area contributed by atoms with Gasteiger partial charge < -0.3 is 10.6 Å². The van der Waals surface area contributed by atoms with Gasteiger partial charge in [0.1, 0.15) is 0 Å². The van der Waals surface area contributed by atoms with Gasteiger partial charge in [-0.05, 0) is 38.8 Å². The van der Waals surface area contributed by atoms with Gasteiger partial charge in [0.2, 0.25) is 0 Å². The fourth-order valence-corrected chi connectivity index (χ4v) is 2.42. The zero-order valence-corrected chi connectivity index (χ0v) is 10.3. The van der Waals surface area contributed by atoms with E-state index in [1.807, 2.05) is 0 Å². The Morgan fingerprint density at radius 1 is 1.25 bits per heavy atom. The molecule has 0 saturated carbocycles. The standard InChI is InChI=1S/C14H22N2/c1-14(2,12-7-4-3-5-8-12)16-13-9-6-10-15-11-13/h3-5,7-8,13,15-16H,6,9-11H2,1-2H3. The lowest BCUT2D eigenvalue weighted by Crippen LogP contribution is -2.50. The van der Waals surface area contributed by atoms with Crippen LogP contribution in [0, 0.1) is 0 Å². The van der Waals surface area contributed by atoms with Crippen molar-refractivity contribution in [3.63, 3.8) is 0 Å². The molecule has 1 unspecified atom stereocenters. The van der Waals surface area contributed by atoms with Crippen LogP contribution in [-0.2, 0) is 5.54 Å². The van der Waals surface area contributed by atoms with E-state index >= 15 is 0 Å².